The largest absolute Gasteiger partial charge is 0.383 e. The van der Waals surface area contributed by atoms with Gasteiger partial charge in [-0.1, -0.05) is 0 Å². The fourth-order valence-corrected chi connectivity index (χ4v) is 2.37. The summed E-state index contributed by atoms with van der Waals surface area (Å²) in [4.78, 5) is 4.41. The molecular weight excluding hydrogens is 267 g/mol. The fourth-order valence-electron chi connectivity index (χ4n) is 2.37. The summed E-state index contributed by atoms with van der Waals surface area (Å²) in [7, 11) is 0. The van der Waals surface area contributed by atoms with Crippen molar-refractivity contribution in [2.24, 2.45) is 0 Å². The average molecular weight is 281 g/mol. The molecule has 0 unspecified atom stereocenters. The van der Waals surface area contributed by atoms with Crippen molar-refractivity contribution in [3.8, 4) is 11.3 Å². The van der Waals surface area contributed by atoms with Crippen molar-refractivity contribution in [1.82, 2.24) is 9.55 Å². The van der Waals surface area contributed by atoms with E-state index in [1.54, 1.807) is 0 Å². The topological polar surface area (TPSA) is 43.8 Å². The molecule has 6 heteroatoms. The number of nitrogens with two attached hydrogens (primary N) is 1. The minimum absolute atomic E-state index is 0.160. The van der Waals surface area contributed by atoms with Crippen molar-refractivity contribution in [1.29, 1.82) is 0 Å². The Hall–Kier alpha value is -1.98. The summed E-state index contributed by atoms with van der Waals surface area (Å²) in [6, 6.07) is 1.85. The molecule has 1 saturated carbocycles. The first kappa shape index (κ1) is 13.0. The first-order valence-electron chi connectivity index (χ1n) is 6.53. The molecule has 3 nitrogen and oxygen atoms in total. The van der Waals surface area contributed by atoms with Gasteiger partial charge in [-0.2, -0.15) is 0 Å². The highest BCUT2D eigenvalue weighted by molar-refractivity contribution is 5.71. The summed E-state index contributed by atoms with van der Waals surface area (Å²) < 4.78 is 41.5. The molecule has 2 aromatic rings. The molecule has 2 N–H and O–H groups in total. The van der Waals surface area contributed by atoms with E-state index in [-0.39, 0.29) is 5.56 Å². The average Bonchev–Trinajstić information content (AvgIpc) is 3.19. The molecule has 3 rings (SSSR count). The molecule has 0 radical (unpaired) electrons. The van der Waals surface area contributed by atoms with E-state index in [0.717, 1.165) is 30.8 Å². The van der Waals surface area contributed by atoms with Crippen LogP contribution in [0.4, 0.5) is 19.0 Å². The third-order valence-corrected chi connectivity index (χ3v) is 3.55. The molecule has 1 aliphatic carbocycles. The van der Waals surface area contributed by atoms with Crippen molar-refractivity contribution in [2.45, 2.75) is 32.2 Å². The monoisotopic (exact) mass is 281 g/mol. The zero-order valence-corrected chi connectivity index (χ0v) is 11.0. The van der Waals surface area contributed by atoms with Crippen LogP contribution in [0.25, 0.3) is 11.3 Å². The second-order valence-corrected chi connectivity index (χ2v) is 4.98. The van der Waals surface area contributed by atoms with Gasteiger partial charge in [-0.3, -0.25) is 0 Å². The Morgan fingerprint density at radius 3 is 2.35 bits per heavy atom. The van der Waals surface area contributed by atoms with Crippen LogP contribution in [-0.2, 0) is 6.54 Å². The smallest absolute Gasteiger partial charge is 0.194 e. The Morgan fingerprint density at radius 2 is 1.85 bits per heavy atom. The Bertz CT molecular complexity index is 652. The first-order valence-corrected chi connectivity index (χ1v) is 6.53. The summed E-state index contributed by atoms with van der Waals surface area (Å²) in [6.07, 6.45) is 2.09. The van der Waals surface area contributed by atoms with Crippen LogP contribution < -0.4 is 5.73 Å². The van der Waals surface area contributed by atoms with E-state index < -0.39 is 17.5 Å². The van der Waals surface area contributed by atoms with Gasteiger partial charge in [0.25, 0.3) is 0 Å². The lowest BCUT2D eigenvalue weighted by Crippen LogP contribution is -2.04. The van der Waals surface area contributed by atoms with Gasteiger partial charge in [0.15, 0.2) is 17.5 Å². The van der Waals surface area contributed by atoms with Crippen LogP contribution in [0.5, 0.6) is 0 Å². The Kier molecular flexibility index (Phi) is 2.96. The number of imidazole rings is 1. The molecule has 0 bridgehead atoms. The molecule has 0 saturated heterocycles. The summed E-state index contributed by atoms with van der Waals surface area (Å²) >= 11 is 0. The number of benzene rings is 1. The molecule has 0 amide bonds. The van der Waals surface area contributed by atoms with Gasteiger partial charge in [0.1, 0.15) is 17.3 Å². The minimum Gasteiger partial charge on any atom is -0.383 e. The molecule has 1 aliphatic rings. The molecule has 20 heavy (non-hydrogen) atoms. The number of aromatic nitrogens is 2. The maximum Gasteiger partial charge on any atom is 0.194 e. The van der Waals surface area contributed by atoms with Crippen LogP contribution in [-0.4, -0.2) is 9.55 Å². The number of hydrogen-bond donors (Lipinski definition) is 1. The maximum absolute atomic E-state index is 13.3. The van der Waals surface area contributed by atoms with E-state index in [1.165, 1.54) is 0 Å². The second-order valence-electron chi connectivity index (χ2n) is 4.98. The zero-order valence-electron chi connectivity index (χ0n) is 11.0. The molecule has 106 valence electrons. The van der Waals surface area contributed by atoms with Crippen molar-refractivity contribution in [3.63, 3.8) is 0 Å². The van der Waals surface area contributed by atoms with Crippen molar-refractivity contribution < 1.29 is 13.2 Å². The first-order chi connectivity index (χ1) is 9.52. The third kappa shape index (κ3) is 1.95. The van der Waals surface area contributed by atoms with Gasteiger partial charge in [-0.05, 0) is 31.9 Å². The molecule has 0 spiro atoms. The van der Waals surface area contributed by atoms with E-state index >= 15 is 0 Å². The second kappa shape index (κ2) is 4.54. The Balaban J connectivity index is 2.15. The maximum atomic E-state index is 13.3. The lowest BCUT2D eigenvalue weighted by molar-refractivity contribution is 0.447. The predicted octanol–water partition coefficient (Wildman–Crippen LogP) is 3.45. The van der Waals surface area contributed by atoms with E-state index in [2.05, 4.69) is 4.98 Å². The quantitative estimate of drug-likeness (QED) is 0.876. The van der Waals surface area contributed by atoms with Crippen molar-refractivity contribution >= 4 is 5.82 Å². The molecule has 1 heterocycles. The highest BCUT2D eigenvalue weighted by Gasteiger charge is 2.30. The standard InChI is InChI=1S/C14H14F3N3/c1-2-20-13(18)12(19-14(20)7-3-4-7)8-5-9(15)11(17)10(16)6-8/h5-7H,2-4,18H2,1H3. The number of nitrogen functional groups attached to an aromatic ring is 1. The van der Waals surface area contributed by atoms with E-state index in [0.29, 0.717) is 24.0 Å². The summed E-state index contributed by atoms with van der Waals surface area (Å²) in [5.74, 6) is -2.40. The normalized spacial score (nSPS) is 14.8. The number of rotatable bonds is 3. The highest BCUT2D eigenvalue weighted by atomic mass is 19.2. The van der Waals surface area contributed by atoms with Crippen LogP contribution >= 0.6 is 0 Å². The van der Waals surface area contributed by atoms with Crippen LogP contribution in [0.2, 0.25) is 0 Å². The number of halogens is 3. The van der Waals surface area contributed by atoms with Gasteiger partial charge < -0.3 is 10.3 Å². The van der Waals surface area contributed by atoms with E-state index in [1.807, 2.05) is 11.5 Å². The van der Waals surface area contributed by atoms with E-state index in [9.17, 15) is 13.2 Å². The summed E-state index contributed by atoms with van der Waals surface area (Å²) in [5.41, 5.74) is 6.48. The fraction of sp³-hybridized carbons (Fsp3) is 0.357. The predicted molar refractivity (Wildman–Crippen MR) is 69.6 cm³/mol. The lowest BCUT2D eigenvalue weighted by Gasteiger charge is -2.05. The van der Waals surface area contributed by atoms with Gasteiger partial charge >= 0.3 is 0 Å². The van der Waals surface area contributed by atoms with Gasteiger partial charge in [0.2, 0.25) is 0 Å². The zero-order chi connectivity index (χ0) is 14.4. The van der Waals surface area contributed by atoms with Gasteiger partial charge in [-0.25, -0.2) is 18.2 Å². The number of anilines is 1. The molecular formula is C14H14F3N3. The van der Waals surface area contributed by atoms with Crippen LogP contribution in [0.1, 0.15) is 31.5 Å². The van der Waals surface area contributed by atoms with Gasteiger partial charge in [0.05, 0.1) is 0 Å². The van der Waals surface area contributed by atoms with Gasteiger partial charge in [0, 0.05) is 18.0 Å². The molecule has 1 aromatic carbocycles. The SMILES string of the molecule is CCn1c(C2CC2)nc(-c2cc(F)c(F)c(F)c2)c1N. The Labute approximate surface area is 114 Å². The minimum atomic E-state index is -1.48. The number of nitrogens with zero attached hydrogens (tertiary/aromatic N) is 2. The van der Waals surface area contributed by atoms with Crippen LogP contribution in [0.3, 0.4) is 0 Å². The summed E-state index contributed by atoms with van der Waals surface area (Å²) in [6.45, 7) is 2.57. The van der Waals surface area contributed by atoms with E-state index in [4.69, 9.17) is 5.73 Å². The van der Waals surface area contributed by atoms with Crippen LogP contribution in [0.15, 0.2) is 12.1 Å². The molecule has 0 atom stereocenters. The molecule has 1 aromatic heterocycles. The van der Waals surface area contributed by atoms with Crippen molar-refractivity contribution in [3.05, 3.63) is 35.4 Å². The van der Waals surface area contributed by atoms with Crippen LogP contribution in [0, 0.1) is 17.5 Å². The lowest BCUT2D eigenvalue weighted by atomic mass is 10.1. The highest BCUT2D eigenvalue weighted by Crippen LogP contribution is 2.42. The van der Waals surface area contributed by atoms with Gasteiger partial charge in [-0.15, -0.1) is 0 Å². The molecule has 1 fully saturated rings. The third-order valence-electron chi connectivity index (χ3n) is 3.55. The van der Waals surface area contributed by atoms with Crippen molar-refractivity contribution in [2.75, 3.05) is 5.73 Å². The Morgan fingerprint density at radius 1 is 1.25 bits per heavy atom. The number of hydrogen-bond acceptors (Lipinski definition) is 2. The molecule has 0 aliphatic heterocycles. The summed E-state index contributed by atoms with van der Waals surface area (Å²) in [5, 5.41) is 0.